The van der Waals surface area contributed by atoms with Crippen LogP contribution in [0.25, 0.3) is 0 Å². The van der Waals surface area contributed by atoms with Crippen LogP contribution < -0.4 is 13.6 Å². The lowest BCUT2D eigenvalue weighted by Crippen LogP contribution is -2.17. The summed E-state index contributed by atoms with van der Waals surface area (Å²) in [7, 11) is -1.92. The third-order valence-electron chi connectivity index (χ3n) is 8.88. The molecule has 4 aromatic rings. The topological polar surface area (TPSA) is 47.9 Å². The van der Waals surface area contributed by atoms with Crippen LogP contribution in [0.4, 0.5) is 0 Å². The molecule has 4 aromatic carbocycles. The standard InChI is InChI=1S/C33H45O3PS3.C11H16O/c1-19-13-25(22(16-28(19)38)31(4,5)6)34-37(35-26-14-20(2)29(39)17-23(26)32(7,8)9)36-27-15-21(3)30(40)18-24(27)33(10,11)12;1-8-6-5-7-9(10(8)12)11(2,3)4/h13-18,38-40H,1-12H3;5-7,12H,1-4H3. The van der Waals surface area contributed by atoms with Gasteiger partial charge >= 0.3 is 8.60 Å². The van der Waals surface area contributed by atoms with E-state index in [0.717, 1.165) is 76.4 Å². The first kappa shape index (κ1) is 44.0. The molecule has 0 bridgehead atoms. The Morgan fingerprint density at radius 3 is 0.981 bits per heavy atom. The maximum Gasteiger partial charge on any atom is 0.530 e. The van der Waals surface area contributed by atoms with Gasteiger partial charge in [0.05, 0.1) is 0 Å². The van der Waals surface area contributed by atoms with Crippen LogP contribution in [0.1, 0.15) is 128 Å². The van der Waals surface area contributed by atoms with E-state index in [1.165, 1.54) is 0 Å². The summed E-state index contributed by atoms with van der Waals surface area (Å²) >= 11 is 14.1. The first-order valence-corrected chi connectivity index (χ1v) is 20.2. The maximum atomic E-state index is 9.73. The van der Waals surface area contributed by atoms with Crippen LogP contribution in [0, 0.1) is 27.7 Å². The van der Waals surface area contributed by atoms with Gasteiger partial charge in [0.15, 0.2) is 0 Å². The third kappa shape index (κ3) is 11.3. The molecule has 0 amide bonds. The predicted molar refractivity (Wildman–Crippen MR) is 232 cm³/mol. The highest BCUT2D eigenvalue weighted by molar-refractivity contribution is 7.80. The summed E-state index contributed by atoms with van der Waals surface area (Å²) in [5.41, 5.74) is 7.65. The number of thiol groups is 3. The molecule has 0 aliphatic heterocycles. The van der Waals surface area contributed by atoms with Crippen LogP contribution in [-0.4, -0.2) is 5.11 Å². The second kappa shape index (κ2) is 16.5. The fourth-order valence-corrected chi connectivity index (χ4v) is 7.18. The minimum atomic E-state index is -1.92. The molecule has 0 atom stereocenters. The van der Waals surface area contributed by atoms with E-state index in [9.17, 15) is 5.11 Å². The molecule has 0 aromatic heterocycles. The van der Waals surface area contributed by atoms with Crippen molar-refractivity contribution in [2.24, 2.45) is 0 Å². The zero-order valence-electron chi connectivity index (χ0n) is 34.2. The Bertz CT molecular complexity index is 1720. The molecule has 0 spiro atoms. The van der Waals surface area contributed by atoms with Gasteiger partial charge in [0.2, 0.25) is 0 Å². The fourth-order valence-electron chi connectivity index (χ4n) is 5.56. The van der Waals surface area contributed by atoms with Crippen molar-refractivity contribution in [1.82, 2.24) is 0 Å². The molecule has 52 heavy (non-hydrogen) atoms. The highest BCUT2D eigenvalue weighted by atomic mass is 32.1. The molecular formula is C44H61O4PS3. The van der Waals surface area contributed by atoms with Crippen LogP contribution >= 0.6 is 46.5 Å². The number of aromatic hydroxyl groups is 1. The van der Waals surface area contributed by atoms with Crippen molar-refractivity contribution < 1.29 is 18.7 Å². The molecule has 284 valence electrons. The van der Waals surface area contributed by atoms with Crippen LogP contribution in [0.3, 0.4) is 0 Å². The first-order chi connectivity index (χ1) is 23.6. The fraction of sp³-hybridized carbons (Fsp3) is 0.455. The van der Waals surface area contributed by atoms with E-state index in [4.69, 9.17) is 51.5 Å². The van der Waals surface area contributed by atoms with E-state index < -0.39 is 8.60 Å². The van der Waals surface area contributed by atoms with Crippen LogP contribution in [0.15, 0.2) is 69.3 Å². The Hall–Kier alpha value is -2.44. The van der Waals surface area contributed by atoms with Gasteiger partial charge in [-0.1, -0.05) is 101 Å². The quantitative estimate of drug-likeness (QED) is 0.116. The average Bonchev–Trinajstić information content (AvgIpc) is 2.97. The predicted octanol–water partition coefficient (Wildman–Crippen LogP) is 14.1. The van der Waals surface area contributed by atoms with Gasteiger partial charge in [0.1, 0.15) is 23.0 Å². The summed E-state index contributed by atoms with van der Waals surface area (Å²) in [5.74, 6) is 2.63. The molecule has 0 fully saturated rings. The third-order valence-corrected chi connectivity index (χ3v) is 11.4. The number of para-hydroxylation sites is 1. The highest BCUT2D eigenvalue weighted by Gasteiger charge is 2.31. The van der Waals surface area contributed by atoms with Gasteiger partial charge in [-0.2, -0.15) is 0 Å². The summed E-state index contributed by atoms with van der Waals surface area (Å²) in [6, 6.07) is 18.2. The molecular weight excluding hydrogens is 720 g/mol. The van der Waals surface area contributed by atoms with Gasteiger partial charge in [0, 0.05) is 31.4 Å². The summed E-state index contributed by atoms with van der Waals surface area (Å²) in [4.78, 5) is 2.77. The second-order valence-electron chi connectivity index (χ2n) is 17.9. The number of hydrogen-bond donors (Lipinski definition) is 4. The molecule has 0 saturated carbocycles. The minimum Gasteiger partial charge on any atom is -0.507 e. The van der Waals surface area contributed by atoms with Gasteiger partial charge in [0.25, 0.3) is 0 Å². The normalized spacial score (nSPS) is 12.4. The van der Waals surface area contributed by atoms with Crippen molar-refractivity contribution in [3.8, 4) is 23.0 Å². The number of benzene rings is 4. The molecule has 0 heterocycles. The van der Waals surface area contributed by atoms with E-state index >= 15 is 0 Å². The summed E-state index contributed by atoms with van der Waals surface area (Å²) in [6.07, 6.45) is 0. The largest absolute Gasteiger partial charge is 0.530 e. The molecule has 4 nitrogen and oxygen atoms in total. The monoisotopic (exact) mass is 780 g/mol. The Kier molecular flexibility index (Phi) is 14.0. The van der Waals surface area contributed by atoms with Crippen LogP contribution in [0.5, 0.6) is 23.0 Å². The lowest BCUT2D eigenvalue weighted by Gasteiger charge is -2.29. The Labute approximate surface area is 332 Å². The number of aryl methyl sites for hydroxylation is 4. The van der Waals surface area contributed by atoms with Crippen molar-refractivity contribution in [3.05, 3.63) is 99.1 Å². The molecule has 4 rings (SSSR count). The van der Waals surface area contributed by atoms with Gasteiger partial charge in [-0.25, -0.2) is 0 Å². The van der Waals surface area contributed by atoms with E-state index in [1.807, 2.05) is 64.1 Å². The Morgan fingerprint density at radius 1 is 0.442 bits per heavy atom. The van der Waals surface area contributed by atoms with Crippen molar-refractivity contribution in [2.75, 3.05) is 0 Å². The number of phenolic OH excluding ortho intramolecular Hbond substituents is 1. The molecule has 0 aliphatic carbocycles. The Morgan fingerprint density at radius 2 is 0.731 bits per heavy atom. The maximum absolute atomic E-state index is 9.73. The summed E-state index contributed by atoms with van der Waals surface area (Å²) in [6.45, 7) is 33.8. The molecule has 8 heteroatoms. The number of rotatable bonds is 6. The smallest absolute Gasteiger partial charge is 0.507 e. The van der Waals surface area contributed by atoms with Gasteiger partial charge in [-0.05, 0) is 114 Å². The summed E-state index contributed by atoms with van der Waals surface area (Å²) in [5, 5.41) is 9.73. The zero-order valence-corrected chi connectivity index (χ0v) is 37.7. The van der Waals surface area contributed by atoms with Crippen LogP contribution in [0.2, 0.25) is 0 Å². The van der Waals surface area contributed by atoms with E-state index in [2.05, 4.69) is 101 Å². The lowest BCUT2D eigenvalue weighted by atomic mass is 9.85. The number of hydrogen-bond acceptors (Lipinski definition) is 7. The second-order valence-corrected chi connectivity index (χ2v) is 20.3. The van der Waals surface area contributed by atoms with Crippen molar-refractivity contribution >= 4 is 46.5 Å². The van der Waals surface area contributed by atoms with Gasteiger partial charge in [-0.15, -0.1) is 37.9 Å². The zero-order chi connectivity index (χ0) is 39.7. The van der Waals surface area contributed by atoms with Gasteiger partial charge in [-0.3, -0.25) is 0 Å². The van der Waals surface area contributed by atoms with Crippen molar-refractivity contribution in [2.45, 2.75) is 147 Å². The lowest BCUT2D eigenvalue weighted by molar-refractivity contribution is 0.371. The summed E-state index contributed by atoms with van der Waals surface area (Å²) < 4.78 is 20.2. The molecule has 0 radical (unpaired) electrons. The minimum absolute atomic E-state index is 0.0239. The average molecular weight is 781 g/mol. The molecule has 0 saturated heterocycles. The molecule has 1 N–H and O–H groups in total. The van der Waals surface area contributed by atoms with Crippen molar-refractivity contribution in [3.63, 3.8) is 0 Å². The Balaban J connectivity index is 0.000000513. The van der Waals surface area contributed by atoms with E-state index in [-0.39, 0.29) is 21.7 Å². The van der Waals surface area contributed by atoms with E-state index in [0.29, 0.717) is 5.75 Å². The first-order valence-electron chi connectivity index (χ1n) is 17.8. The van der Waals surface area contributed by atoms with Gasteiger partial charge < -0.3 is 18.7 Å². The highest BCUT2D eigenvalue weighted by Crippen LogP contribution is 2.50. The molecule has 0 aliphatic rings. The molecule has 0 unspecified atom stereocenters. The van der Waals surface area contributed by atoms with Crippen LogP contribution in [-0.2, 0) is 21.7 Å². The number of phenols is 1. The SMILES string of the molecule is Cc1cc(OP(Oc2cc(C)c(S)cc2C(C)(C)C)Oc2cc(C)c(S)cc2C(C)(C)C)c(C(C)(C)C)cc1S.Cc1cccc(C(C)(C)C)c1O. The van der Waals surface area contributed by atoms with Crippen molar-refractivity contribution in [1.29, 1.82) is 0 Å². The van der Waals surface area contributed by atoms with E-state index in [1.54, 1.807) is 0 Å².